The van der Waals surface area contributed by atoms with Gasteiger partial charge in [0, 0.05) is 10.1 Å². The summed E-state index contributed by atoms with van der Waals surface area (Å²) in [4.78, 5) is 3.51. The lowest BCUT2D eigenvalue weighted by Gasteiger charge is -2.16. The number of aromatic nitrogens is 1. The fourth-order valence-electron chi connectivity index (χ4n) is 1.00. The number of halogens is 3. The van der Waals surface area contributed by atoms with Crippen LogP contribution in [0.4, 0.5) is 18.9 Å². The Morgan fingerprint density at radius 3 is 2.47 bits per heavy atom. The maximum absolute atomic E-state index is 12.4. The highest BCUT2D eigenvalue weighted by Gasteiger charge is 2.33. The second-order valence-corrected chi connectivity index (χ2v) is 5.09. The zero-order chi connectivity index (χ0) is 13.2. The van der Waals surface area contributed by atoms with Crippen molar-refractivity contribution in [2.45, 2.75) is 36.3 Å². The molecule has 0 saturated heterocycles. The van der Waals surface area contributed by atoms with E-state index in [2.05, 4.69) is 4.98 Å². The van der Waals surface area contributed by atoms with Crippen LogP contribution in [0.3, 0.4) is 0 Å². The van der Waals surface area contributed by atoms with Crippen molar-refractivity contribution < 1.29 is 18.3 Å². The summed E-state index contributed by atoms with van der Waals surface area (Å²) >= 11 is 1.09. The Morgan fingerprint density at radius 1 is 1.41 bits per heavy atom. The summed E-state index contributed by atoms with van der Waals surface area (Å²) < 4.78 is 37.3. The number of pyridine rings is 1. The molecule has 3 nitrogen and oxygen atoms in total. The van der Waals surface area contributed by atoms with Crippen molar-refractivity contribution in [2.24, 2.45) is 0 Å². The van der Waals surface area contributed by atoms with Gasteiger partial charge in [-0.3, -0.25) is 0 Å². The average molecular weight is 266 g/mol. The van der Waals surface area contributed by atoms with Crippen LogP contribution in [0.25, 0.3) is 0 Å². The van der Waals surface area contributed by atoms with Crippen molar-refractivity contribution in [3.63, 3.8) is 0 Å². The summed E-state index contributed by atoms with van der Waals surface area (Å²) in [5, 5.41) is 9.05. The van der Waals surface area contributed by atoms with Gasteiger partial charge in [0.25, 0.3) is 0 Å². The van der Waals surface area contributed by atoms with Crippen molar-refractivity contribution in [1.82, 2.24) is 4.98 Å². The van der Waals surface area contributed by atoms with E-state index in [-0.39, 0.29) is 15.8 Å². The van der Waals surface area contributed by atoms with Gasteiger partial charge >= 0.3 is 6.18 Å². The van der Waals surface area contributed by atoms with E-state index >= 15 is 0 Å². The van der Waals surface area contributed by atoms with Gasteiger partial charge in [-0.25, -0.2) is 4.98 Å². The van der Waals surface area contributed by atoms with E-state index in [1.807, 2.05) is 0 Å². The predicted octanol–water partition coefficient (Wildman–Crippen LogP) is 2.54. The fraction of sp³-hybridized carbons (Fsp3) is 0.500. The van der Waals surface area contributed by atoms with Crippen LogP contribution in [0, 0.1) is 0 Å². The molecular weight excluding hydrogens is 253 g/mol. The normalized spacial score (nSPS) is 15.6. The van der Waals surface area contributed by atoms with Crippen molar-refractivity contribution >= 4 is 17.4 Å². The molecule has 0 saturated carbocycles. The smallest absolute Gasteiger partial charge is 0.397 e. The Hall–Kier alpha value is -0.950. The van der Waals surface area contributed by atoms with Crippen LogP contribution < -0.4 is 5.73 Å². The lowest BCUT2D eigenvalue weighted by molar-refractivity contribution is -0.141. The summed E-state index contributed by atoms with van der Waals surface area (Å²) in [6.07, 6.45) is -4.14. The molecule has 0 aliphatic rings. The molecule has 2 unspecified atom stereocenters. The minimum absolute atomic E-state index is 0.176. The number of hydrogen-bond donors (Lipinski definition) is 2. The number of rotatable bonds is 3. The highest BCUT2D eigenvalue weighted by molar-refractivity contribution is 8.00. The number of nitrogen functional groups attached to an aromatic ring is 1. The van der Waals surface area contributed by atoms with Crippen molar-refractivity contribution in [3.05, 3.63) is 18.0 Å². The minimum atomic E-state index is -4.49. The van der Waals surface area contributed by atoms with Crippen LogP contribution in [-0.4, -0.2) is 21.4 Å². The lowest BCUT2D eigenvalue weighted by atomic mass is 10.3. The maximum Gasteiger partial charge on any atom is 0.433 e. The molecule has 1 rings (SSSR count). The lowest BCUT2D eigenvalue weighted by Crippen LogP contribution is -2.16. The third-order valence-electron chi connectivity index (χ3n) is 2.18. The Labute approximate surface area is 101 Å². The molecule has 7 heteroatoms. The molecule has 0 fully saturated rings. The third-order valence-corrected chi connectivity index (χ3v) is 3.55. The summed E-state index contributed by atoms with van der Waals surface area (Å²) in [5.41, 5.74) is 4.75. The predicted molar refractivity (Wildman–Crippen MR) is 60.7 cm³/mol. The van der Waals surface area contributed by atoms with Gasteiger partial charge in [-0.1, -0.05) is 6.92 Å². The maximum atomic E-state index is 12.4. The Kier molecular flexibility index (Phi) is 4.26. The van der Waals surface area contributed by atoms with E-state index in [0.717, 1.165) is 24.0 Å². The second kappa shape index (κ2) is 5.14. The van der Waals surface area contributed by atoms with Gasteiger partial charge in [-0.05, 0) is 13.0 Å². The zero-order valence-corrected chi connectivity index (χ0v) is 10.1. The molecule has 0 aliphatic carbocycles. The second-order valence-electron chi connectivity index (χ2n) is 3.67. The number of hydrogen-bond acceptors (Lipinski definition) is 4. The van der Waals surface area contributed by atoms with E-state index in [0.29, 0.717) is 0 Å². The molecule has 1 heterocycles. The van der Waals surface area contributed by atoms with Gasteiger partial charge in [-0.15, -0.1) is 11.8 Å². The molecule has 17 heavy (non-hydrogen) atoms. The average Bonchev–Trinajstić information content (AvgIpc) is 2.19. The number of nitrogens with two attached hydrogens (primary N) is 1. The minimum Gasteiger partial charge on any atom is -0.397 e. The molecule has 0 bridgehead atoms. The summed E-state index contributed by atoms with van der Waals surface area (Å²) in [6.45, 7) is 3.28. The first-order valence-electron chi connectivity index (χ1n) is 4.89. The fourth-order valence-corrected chi connectivity index (χ4v) is 1.97. The summed E-state index contributed by atoms with van der Waals surface area (Å²) in [6, 6.07) is 0.902. The van der Waals surface area contributed by atoms with E-state index in [9.17, 15) is 18.3 Å². The molecule has 0 aromatic carbocycles. The highest BCUT2D eigenvalue weighted by Crippen LogP contribution is 2.35. The largest absolute Gasteiger partial charge is 0.433 e. The van der Waals surface area contributed by atoms with Gasteiger partial charge in [0.2, 0.25) is 0 Å². The molecule has 0 spiro atoms. The molecule has 1 aromatic heterocycles. The zero-order valence-electron chi connectivity index (χ0n) is 9.32. The molecule has 0 aliphatic heterocycles. The van der Waals surface area contributed by atoms with Crippen molar-refractivity contribution in [2.75, 3.05) is 5.73 Å². The highest BCUT2D eigenvalue weighted by atomic mass is 32.2. The monoisotopic (exact) mass is 266 g/mol. The van der Waals surface area contributed by atoms with Crippen molar-refractivity contribution in [1.29, 1.82) is 0 Å². The van der Waals surface area contributed by atoms with Crippen LogP contribution in [0.1, 0.15) is 19.5 Å². The van der Waals surface area contributed by atoms with Gasteiger partial charge in [0.1, 0.15) is 5.69 Å². The van der Waals surface area contributed by atoms with Gasteiger partial charge in [0.15, 0.2) is 0 Å². The Morgan fingerprint density at radius 2 is 2.00 bits per heavy atom. The number of aliphatic hydroxyl groups excluding tert-OH is 1. The number of thioether (sulfide) groups is 1. The van der Waals surface area contributed by atoms with Gasteiger partial charge in [0.05, 0.1) is 18.0 Å². The van der Waals surface area contributed by atoms with E-state index in [1.165, 1.54) is 0 Å². The van der Waals surface area contributed by atoms with E-state index < -0.39 is 18.0 Å². The molecule has 0 amide bonds. The van der Waals surface area contributed by atoms with E-state index in [1.54, 1.807) is 13.8 Å². The SMILES string of the molecule is CC(O)C(C)Sc1cc(C(F)(F)F)ncc1N. The molecule has 96 valence electrons. The first-order valence-corrected chi connectivity index (χ1v) is 5.77. The first kappa shape index (κ1) is 14.1. The van der Waals surface area contributed by atoms with Gasteiger partial charge < -0.3 is 10.8 Å². The number of alkyl halides is 3. The number of nitrogens with zero attached hydrogens (tertiary/aromatic N) is 1. The molecular formula is C10H13F3N2OS. The number of aliphatic hydroxyl groups is 1. The topological polar surface area (TPSA) is 59.1 Å². The Bertz CT molecular complexity index is 396. The quantitative estimate of drug-likeness (QED) is 0.825. The standard InChI is InChI=1S/C10H13F3N2OS/c1-5(16)6(2)17-8-3-9(10(11,12)13)15-4-7(8)14/h3-6,16H,14H2,1-2H3. The van der Waals surface area contributed by atoms with Crippen molar-refractivity contribution in [3.8, 4) is 0 Å². The third kappa shape index (κ3) is 3.78. The van der Waals surface area contributed by atoms with Crippen LogP contribution >= 0.6 is 11.8 Å². The van der Waals surface area contributed by atoms with Crippen LogP contribution in [0.5, 0.6) is 0 Å². The van der Waals surface area contributed by atoms with Crippen LogP contribution in [0.15, 0.2) is 17.2 Å². The number of anilines is 1. The Balaban J connectivity index is 2.99. The molecule has 0 radical (unpaired) electrons. The van der Waals surface area contributed by atoms with Crippen LogP contribution in [-0.2, 0) is 6.18 Å². The van der Waals surface area contributed by atoms with Gasteiger partial charge in [-0.2, -0.15) is 13.2 Å². The summed E-state index contributed by atoms with van der Waals surface area (Å²) in [7, 11) is 0. The molecule has 3 N–H and O–H groups in total. The molecule has 2 atom stereocenters. The molecule has 1 aromatic rings. The summed E-state index contributed by atoms with van der Waals surface area (Å²) in [5.74, 6) is 0. The first-order chi connectivity index (χ1) is 7.71. The van der Waals surface area contributed by atoms with Crippen LogP contribution in [0.2, 0.25) is 0 Å². The van der Waals surface area contributed by atoms with E-state index in [4.69, 9.17) is 5.73 Å².